The predicted molar refractivity (Wildman–Crippen MR) is 89.7 cm³/mol. The van der Waals surface area contributed by atoms with Gasteiger partial charge in [0, 0.05) is 12.8 Å². The molecule has 0 aromatic heterocycles. The predicted octanol–water partition coefficient (Wildman–Crippen LogP) is -0.637. The molecule has 3 N–H and O–H groups in total. The Hall–Kier alpha value is -2.09. The van der Waals surface area contributed by atoms with E-state index >= 15 is 0 Å². The minimum atomic E-state index is -0.388. The molecule has 0 spiro atoms. The maximum Gasteiger partial charge on any atom is 0.338 e. The maximum absolute atomic E-state index is 12.4. The quantitative estimate of drug-likeness (QED) is 0.552. The molecule has 0 radical (unpaired) electrons. The molecule has 1 atom stereocenters. The third kappa shape index (κ3) is 4.72. The molecule has 0 bridgehead atoms. The van der Waals surface area contributed by atoms with Crippen LogP contribution >= 0.6 is 0 Å². The summed E-state index contributed by atoms with van der Waals surface area (Å²) in [6.07, 6.45) is 2.10. The first kappa shape index (κ1) is 19.2. The first-order valence-electron chi connectivity index (χ1n) is 8.89. The summed E-state index contributed by atoms with van der Waals surface area (Å²) < 4.78 is 9.98. The smallest absolute Gasteiger partial charge is 0.338 e. The number of methoxy groups -OCH3 is 1. The van der Waals surface area contributed by atoms with Crippen LogP contribution in [0.1, 0.15) is 33.1 Å². The highest BCUT2D eigenvalue weighted by Gasteiger charge is 2.35. The molecule has 0 saturated carbocycles. The number of ether oxygens (including phenoxy) is 2. The minimum absolute atomic E-state index is 0.0572. The van der Waals surface area contributed by atoms with E-state index in [0.29, 0.717) is 24.2 Å². The van der Waals surface area contributed by atoms with Crippen LogP contribution in [0.2, 0.25) is 0 Å². The van der Waals surface area contributed by atoms with Gasteiger partial charge in [-0.1, -0.05) is 6.92 Å². The van der Waals surface area contributed by atoms with E-state index in [1.54, 1.807) is 6.92 Å². The Kier molecular flexibility index (Phi) is 6.81. The van der Waals surface area contributed by atoms with Crippen molar-refractivity contribution in [3.8, 4) is 0 Å². The van der Waals surface area contributed by atoms with E-state index in [9.17, 15) is 14.4 Å². The molecule has 25 heavy (non-hydrogen) atoms. The summed E-state index contributed by atoms with van der Waals surface area (Å²) in [7, 11) is 1.41. The first-order chi connectivity index (χ1) is 12.0. The number of amides is 2. The fourth-order valence-corrected chi connectivity index (χ4v) is 3.46. The van der Waals surface area contributed by atoms with Gasteiger partial charge in [-0.2, -0.15) is 0 Å². The van der Waals surface area contributed by atoms with Crippen molar-refractivity contribution in [1.29, 1.82) is 0 Å². The molecule has 2 amide bonds. The lowest BCUT2D eigenvalue weighted by molar-refractivity contribution is -0.901. The zero-order valence-corrected chi connectivity index (χ0v) is 15.1. The molecule has 0 aromatic carbocycles. The van der Waals surface area contributed by atoms with Crippen LogP contribution in [0.25, 0.3) is 0 Å². The van der Waals surface area contributed by atoms with Gasteiger partial charge in [0.25, 0.3) is 0 Å². The Morgan fingerprint density at radius 3 is 2.48 bits per heavy atom. The zero-order chi connectivity index (χ0) is 18.4. The number of hydrogen-bond donors (Lipinski definition) is 3. The normalized spacial score (nSPS) is 26.5. The molecular formula is C17H28N3O5+. The zero-order valence-electron chi connectivity index (χ0n) is 15.1. The van der Waals surface area contributed by atoms with Gasteiger partial charge in [-0.05, 0) is 13.3 Å². The van der Waals surface area contributed by atoms with Crippen molar-refractivity contribution in [1.82, 2.24) is 10.6 Å². The maximum atomic E-state index is 12.4. The average molecular weight is 354 g/mol. The van der Waals surface area contributed by atoms with Crippen molar-refractivity contribution >= 4 is 18.0 Å². The summed E-state index contributed by atoms with van der Waals surface area (Å²) in [5.41, 5.74) is 1.13. The fourth-order valence-electron chi connectivity index (χ4n) is 3.46. The monoisotopic (exact) mass is 354 g/mol. The van der Waals surface area contributed by atoms with Gasteiger partial charge < -0.3 is 25.0 Å². The second-order valence-corrected chi connectivity index (χ2v) is 6.40. The van der Waals surface area contributed by atoms with E-state index in [-0.39, 0.29) is 36.5 Å². The standard InChI is InChI=1S/C17H27N3O5/c1-4-12-14(16(22)25-5-2)13(19-17(23)18-12)10-20-8-6-11(7-9-20)15(21)24-3/h11-12H,4-10H2,1-3H3,(H2,18,19,23)/p+1/t12-/m1/s1. The minimum Gasteiger partial charge on any atom is -0.469 e. The molecule has 1 saturated heterocycles. The lowest BCUT2D eigenvalue weighted by Gasteiger charge is -2.32. The van der Waals surface area contributed by atoms with Crippen LogP contribution in [0, 0.1) is 5.92 Å². The molecule has 0 aliphatic carbocycles. The molecule has 2 rings (SSSR count). The van der Waals surface area contributed by atoms with Gasteiger partial charge in [-0.15, -0.1) is 0 Å². The second-order valence-electron chi connectivity index (χ2n) is 6.40. The number of rotatable bonds is 6. The highest BCUT2D eigenvalue weighted by molar-refractivity contribution is 5.94. The Morgan fingerprint density at radius 1 is 1.24 bits per heavy atom. The average Bonchev–Trinajstić information content (AvgIpc) is 2.61. The van der Waals surface area contributed by atoms with Gasteiger partial charge in [0.1, 0.15) is 6.54 Å². The molecule has 1 fully saturated rings. The van der Waals surface area contributed by atoms with Crippen LogP contribution in [0.4, 0.5) is 4.79 Å². The van der Waals surface area contributed by atoms with Crippen LogP contribution in [0.3, 0.4) is 0 Å². The summed E-state index contributed by atoms with van der Waals surface area (Å²) in [6.45, 7) is 6.08. The van der Waals surface area contributed by atoms with Gasteiger partial charge in [-0.3, -0.25) is 4.79 Å². The second kappa shape index (κ2) is 8.84. The molecule has 0 aromatic rings. The highest BCUT2D eigenvalue weighted by atomic mass is 16.5. The number of urea groups is 1. The van der Waals surface area contributed by atoms with Crippen molar-refractivity contribution in [2.45, 2.75) is 39.2 Å². The lowest BCUT2D eigenvalue weighted by Crippen LogP contribution is -3.13. The van der Waals surface area contributed by atoms with Gasteiger partial charge in [-0.25, -0.2) is 9.59 Å². The number of carbonyl (C=O) groups excluding carboxylic acids is 3. The summed E-state index contributed by atoms with van der Waals surface area (Å²) in [5.74, 6) is -0.606. The van der Waals surface area contributed by atoms with Crippen LogP contribution in [0.15, 0.2) is 11.3 Å². The first-order valence-corrected chi connectivity index (χ1v) is 8.89. The van der Waals surface area contributed by atoms with Gasteiger partial charge in [0.2, 0.25) is 0 Å². The van der Waals surface area contributed by atoms with Crippen molar-refractivity contribution in [2.75, 3.05) is 33.4 Å². The number of likely N-dealkylation sites (tertiary alicyclic amines) is 1. The number of piperidine rings is 1. The van der Waals surface area contributed by atoms with Crippen molar-refractivity contribution < 1.29 is 28.8 Å². The molecule has 0 unspecified atom stereocenters. The van der Waals surface area contributed by atoms with Gasteiger partial charge in [0.05, 0.1) is 50.0 Å². The Morgan fingerprint density at radius 2 is 1.92 bits per heavy atom. The number of quaternary nitrogens is 1. The number of carbonyl (C=O) groups is 3. The number of hydrogen-bond acceptors (Lipinski definition) is 5. The third-order valence-corrected chi connectivity index (χ3v) is 4.80. The molecule has 8 nitrogen and oxygen atoms in total. The SMILES string of the molecule is CCOC(=O)C1=C(C[NH+]2CCC(C(=O)OC)CC2)NC(=O)N[C@@H]1CC. The largest absolute Gasteiger partial charge is 0.469 e. The molecule has 8 heteroatoms. The summed E-state index contributed by atoms with van der Waals surface area (Å²) in [4.78, 5) is 37.1. The van der Waals surface area contributed by atoms with E-state index in [1.807, 2.05) is 6.92 Å². The van der Waals surface area contributed by atoms with Crippen molar-refractivity contribution in [3.63, 3.8) is 0 Å². The van der Waals surface area contributed by atoms with E-state index in [4.69, 9.17) is 9.47 Å². The number of esters is 2. The summed E-state index contributed by atoms with van der Waals surface area (Å²) in [5, 5.41) is 5.55. The molecule has 2 aliphatic rings. The van der Waals surface area contributed by atoms with Crippen molar-refractivity contribution in [3.05, 3.63) is 11.3 Å². The van der Waals surface area contributed by atoms with Crippen molar-refractivity contribution in [2.24, 2.45) is 5.92 Å². The summed E-state index contributed by atoms with van der Waals surface area (Å²) in [6, 6.07) is -0.631. The van der Waals surface area contributed by atoms with Crippen LogP contribution < -0.4 is 15.5 Å². The third-order valence-electron chi connectivity index (χ3n) is 4.80. The lowest BCUT2D eigenvalue weighted by atomic mass is 9.95. The van der Waals surface area contributed by atoms with Crippen LogP contribution in [-0.2, 0) is 19.1 Å². The Labute approximate surface area is 147 Å². The molecular weight excluding hydrogens is 326 g/mol. The van der Waals surface area contributed by atoms with E-state index in [0.717, 1.165) is 25.9 Å². The Balaban J connectivity index is 2.11. The van der Waals surface area contributed by atoms with E-state index in [1.165, 1.54) is 12.0 Å². The fraction of sp³-hybridized carbons (Fsp3) is 0.706. The Bertz CT molecular complexity index is 552. The summed E-state index contributed by atoms with van der Waals surface area (Å²) >= 11 is 0. The van der Waals surface area contributed by atoms with Crippen LogP contribution in [0.5, 0.6) is 0 Å². The molecule has 140 valence electrons. The highest BCUT2D eigenvalue weighted by Crippen LogP contribution is 2.17. The van der Waals surface area contributed by atoms with E-state index in [2.05, 4.69) is 10.6 Å². The topological polar surface area (TPSA) is 98.2 Å². The van der Waals surface area contributed by atoms with E-state index < -0.39 is 0 Å². The van der Waals surface area contributed by atoms with Gasteiger partial charge in [0.15, 0.2) is 0 Å². The molecule has 2 aliphatic heterocycles. The number of nitrogens with one attached hydrogen (secondary N) is 3. The van der Waals surface area contributed by atoms with Crippen LogP contribution in [-0.4, -0.2) is 57.4 Å². The molecule has 2 heterocycles. The van der Waals surface area contributed by atoms with Gasteiger partial charge >= 0.3 is 18.0 Å².